The van der Waals surface area contributed by atoms with Gasteiger partial charge in [-0.3, -0.25) is 9.69 Å². The second-order valence-corrected chi connectivity index (χ2v) is 8.79. The molecule has 2 aromatic rings. The van der Waals surface area contributed by atoms with Crippen molar-refractivity contribution < 1.29 is 13.6 Å². The van der Waals surface area contributed by atoms with Gasteiger partial charge in [0.2, 0.25) is 11.8 Å². The molecule has 0 aliphatic carbocycles. The van der Waals surface area contributed by atoms with E-state index in [1.165, 1.54) is 6.42 Å². The number of likely N-dealkylation sites (tertiary alicyclic amines) is 2. The zero-order valence-corrected chi connectivity index (χ0v) is 16.9. The van der Waals surface area contributed by atoms with Crippen molar-refractivity contribution in [3.05, 3.63) is 24.3 Å². The van der Waals surface area contributed by atoms with Crippen LogP contribution in [0.15, 0.2) is 27.2 Å². The van der Waals surface area contributed by atoms with Crippen molar-refractivity contribution >= 4 is 5.91 Å². The van der Waals surface area contributed by atoms with Gasteiger partial charge in [-0.1, -0.05) is 13.8 Å². The molecule has 28 heavy (non-hydrogen) atoms. The molecule has 0 radical (unpaired) electrons. The highest BCUT2D eigenvalue weighted by Crippen LogP contribution is 2.39. The Kier molecular flexibility index (Phi) is 5.53. The zero-order chi connectivity index (χ0) is 19.6. The summed E-state index contributed by atoms with van der Waals surface area (Å²) in [5.74, 6) is 2.58. The number of furan rings is 1. The first-order valence-corrected chi connectivity index (χ1v) is 10.4. The number of piperidine rings is 2. The Labute approximate surface area is 166 Å². The van der Waals surface area contributed by atoms with Crippen LogP contribution >= 0.6 is 0 Å². The van der Waals surface area contributed by atoms with Crippen LogP contribution in [0.3, 0.4) is 0 Å². The van der Waals surface area contributed by atoms with Crippen molar-refractivity contribution in [1.29, 1.82) is 0 Å². The first-order valence-electron chi connectivity index (χ1n) is 10.4. The minimum Gasteiger partial charge on any atom is -0.459 e. The molecule has 0 bridgehead atoms. The molecule has 0 N–H and O–H groups in total. The molecule has 4 heterocycles. The lowest BCUT2D eigenvalue weighted by molar-refractivity contribution is -0.139. The molecule has 152 valence electrons. The topological polar surface area (TPSA) is 75.6 Å². The number of hydrogen-bond acceptors (Lipinski definition) is 6. The number of carbonyl (C=O) groups is 1. The Morgan fingerprint density at radius 2 is 2.14 bits per heavy atom. The molecule has 7 heteroatoms. The molecule has 2 aliphatic heterocycles. The van der Waals surface area contributed by atoms with Gasteiger partial charge in [0.1, 0.15) is 0 Å². The van der Waals surface area contributed by atoms with Gasteiger partial charge in [0.25, 0.3) is 5.89 Å². The van der Waals surface area contributed by atoms with Crippen LogP contribution < -0.4 is 0 Å². The summed E-state index contributed by atoms with van der Waals surface area (Å²) in [5.41, 5.74) is 0.201. The second-order valence-electron chi connectivity index (χ2n) is 8.79. The maximum absolute atomic E-state index is 12.4. The number of aromatic nitrogens is 2. The van der Waals surface area contributed by atoms with Gasteiger partial charge in [-0.2, -0.15) is 0 Å². The lowest BCUT2D eigenvalue weighted by Crippen LogP contribution is -2.54. The van der Waals surface area contributed by atoms with Crippen molar-refractivity contribution in [2.75, 3.05) is 26.2 Å². The van der Waals surface area contributed by atoms with E-state index in [1.54, 1.807) is 6.26 Å². The number of rotatable bonds is 6. The minimum absolute atomic E-state index is 0.201. The normalized spacial score (nSPS) is 23.8. The fraction of sp³-hybridized carbons (Fsp3) is 0.667. The predicted octanol–water partition coefficient (Wildman–Crippen LogP) is 3.58. The minimum atomic E-state index is 0.201. The van der Waals surface area contributed by atoms with Crippen LogP contribution in [0.4, 0.5) is 0 Å². The van der Waals surface area contributed by atoms with Crippen LogP contribution in [0.2, 0.25) is 0 Å². The first-order chi connectivity index (χ1) is 13.5. The van der Waals surface area contributed by atoms with Crippen molar-refractivity contribution in [3.8, 4) is 11.7 Å². The summed E-state index contributed by atoms with van der Waals surface area (Å²) in [6, 6.07) is 3.63. The molecule has 4 rings (SSSR count). The van der Waals surface area contributed by atoms with Crippen LogP contribution in [-0.4, -0.2) is 52.1 Å². The van der Waals surface area contributed by atoms with Gasteiger partial charge in [0, 0.05) is 31.5 Å². The monoisotopic (exact) mass is 386 g/mol. The average Bonchev–Trinajstić information content (AvgIpc) is 3.34. The summed E-state index contributed by atoms with van der Waals surface area (Å²) in [7, 11) is 0. The number of amides is 1. The van der Waals surface area contributed by atoms with Crippen molar-refractivity contribution in [2.45, 2.75) is 52.5 Å². The van der Waals surface area contributed by atoms with E-state index in [9.17, 15) is 4.79 Å². The Morgan fingerprint density at radius 1 is 1.25 bits per heavy atom. The van der Waals surface area contributed by atoms with Gasteiger partial charge in [-0.05, 0) is 50.3 Å². The van der Waals surface area contributed by atoms with Crippen molar-refractivity contribution in [2.24, 2.45) is 11.3 Å². The average molecular weight is 386 g/mol. The number of nitrogens with zero attached hydrogens (tertiary/aromatic N) is 4. The third kappa shape index (κ3) is 4.29. The summed E-state index contributed by atoms with van der Waals surface area (Å²) < 4.78 is 11.1. The molecule has 2 saturated heterocycles. The van der Waals surface area contributed by atoms with Crippen LogP contribution in [0.1, 0.15) is 51.8 Å². The smallest absolute Gasteiger partial charge is 0.283 e. The third-order valence-corrected chi connectivity index (χ3v) is 6.02. The molecule has 0 saturated carbocycles. The zero-order valence-electron chi connectivity index (χ0n) is 16.9. The Hall–Kier alpha value is -2.15. The van der Waals surface area contributed by atoms with Crippen LogP contribution in [-0.2, 0) is 11.3 Å². The lowest BCUT2D eigenvalue weighted by Gasteiger charge is -2.48. The highest BCUT2D eigenvalue weighted by atomic mass is 16.4. The summed E-state index contributed by atoms with van der Waals surface area (Å²) in [5, 5.41) is 8.29. The molecule has 0 aromatic carbocycles. The van der Waals surface area contributed by atoms with E-state index >= 15 is 0 Å². The van der Waals surface area contributed by atoms with Gasteiger partial charge in [-0.25, -0.2) is 0 Å². The largest absolute Gasteiger partial charge is 0.459 e. The summed E-state index contributed by atoms with van der Waals surface area (Å²) in [6.45, 7) is 8.86. The van der Waals surface area contributed by atoms with E-state index in [-0.39, 0.29) is 5.41 Å². The van der Waals surface area contributed by atoms with Crippen LogP contribution in [0, 0.1) is 11.3 Å². The number of carbonyl (C=O) groups excluding carboxylic acids is 1. The van der Waals surface area contributed by atoms with Gasteiger partial charge in [0.05, 0.1) is 12.8 Å². The SMILES string of the molecule is CC(C)CCN1C[C@]2(CCCN(Cc3nnc(-c4ccco4)o3)C2)CCC1=O. The highest BCUT2D eigenvalue weighted by molar-refractivity contribution is 5.77. The van der Waals surface area contributed by atoms with E-state index in [0.717, 1.165) is 45.4 Å². The molecule has 2 fully saturated rings. The van der Waals surface area contributed by atoms with Gasteiger partial charge < -0.3 is 13.7 Å². The van der Waals surface area contributed by atoms with Gasteiger partial charge in [-0.15, -0.1) is 10.2 Å². The molecule has 1 amide bonds. The summed E-state index contributed by atoms with van der Waals surface area (Å²) >= 11 is 0. The van der Waals surface area contributed by atoms with Gasteiger partial charge >= 0.3 is 0 Å². The quantitative estimate of drug-likeness (QED) is 0.755. The Morgan fingerprint density at radius 3 is 2.93 bits per heavy atom. The fourth-order valence-corrected chi connectivity index (χ4v) is 4.51. The van der Waals surface area contributed by atoms with Crippen molar-refractivity contribution in [1.82, 2.24) is 20.0 Å². The van der Waals surface area contributed by atoms with E-state index in [4.69, 9.17) is 8.83 Å². The van der Waals surface area contributed by atoms with E-state index < -0.39 is 0 Å². The lowest BCUT2D eigenvalue weighted by atomic mass is 9.73. The number of hydrogen-bond donors (Lipinski definition) is 0. The predicted molar refractivity (Wildman–Crippen MR) is 104 cm³/mol. The first kappa shape index (κ1) is 19.2. The molecular weight excluding hydrogens is 356 g/mol. The molecule has 0 unspecified atom stereocenters. The molecule has 1 atom stereocenters. The van der Waals surface area contributed by atoms with Crippen LogP contribution in [0.25, 0.3) is 11.7 Å². The maximum atomic E-state index is 12.4. The second kappa shape index (κ2) is 8.07. The van der Waals surface area contributed by atoms with E-state index in [0.29, 0.717) is 42.3 Å². The standard InChI is InChI=1S/C21H30N4O3/c1-16(2)7-11-25-15-21(9-6-19(25)26)8-4-10-24(14-21)13-18-22-23-20(28-18)17-5-3-12-27-17/h3,5,12,16H,4,6-11,13-15H2,1-2H3/t21-/m1/s1. The Bertz CT molecular complexity index is 785. The molecule has 1 spiro atoms. The van der Waals surface area contributed by atoms with Crippen LogP contribution in [0.5, 0.6) is 0 Å². The van der Waals surface area contributed by atoms with E-state index in [2.05, 4.69) is 33.8 Å². The molecule has 2 aliphatic rings. The summed E-state index contributed by atoms with van der Waals surface area (Å²) in [4.78, 5) is 16.9. The Balaban J connectivity index is 1.39. The summed E-state index contributed by atoms with van der Waals surface area (Å²) in [6.07, 6.45) is 6.67. The van der Waals surface area contributed by atoms with E-state index in [1.807, 2.05) is 12.1 Å². The highest BCUT2D eigenvalue weighted by Gasteiger charge is 2.41. The maximum Gasteiger partial charge on any atom is 0.283 e. The molecular formula is C21H30N4O3. The molecule has 2 aromatic heterocycles. The third-order valence-electron chi connectivity index (χ3n) is 6.02. The fourth-order valence-electron chi connectivity index (χ4n) is 4.51. The van der Waals surface area contributed by atoms with Gasteiger partial charge in [0.15, 0.2) is 5.76 Å². The molecule has 7 nitrogen and oxygen atoms in total. The van der Waals surface area contributed by atoms with Crippen molar-refractivity contribution in [3.63, 3.8) is 0 Å².